The first-order valence-corrected chi connectivity index (χ1v) is 9.62. The van der Waals surface area contributed by atoms with Crippen molar-refractivity contribution in [1.82, 2.24) is 0 Å². The Labute approximate surface area is 164 Å². The highest BCUT2D eigenvalue weighted by atomic mass is 16.5. The minimum Gasteiger partial charge on any atom is -0.505 e. The van der Waals surface area contributed by atoms with Crippen molar-refractivity contribution in [3.63, 3.8) is 0 Å². The molecule has 1 aliphatic heterocycles. The van der Waals surface area contributed by atoms with Gasteiger partial charge in [-0.05, 0) is 31.4 Å². The molecule has 28 heavy (non-hydrogen) atoms. The third kappa shape index (κ3) is 3.48. The van der Waals surface area contributed by atoms with Gasteiger partial charge in [-0.15, -0.1) is 0 Å². The Morgan fingerprint density at radius 3 is 2.46 bits per heavy atom. The minimum absolute atomic E-state index is 0.0843. The molecule has 144 valence electrons. The van der Waals surface area contributed by atoms with Gasteiger partial charge in [0.2, 0.25) is 0 Å². The number of aromatic hydroxyl groups is 1. The van der Waals surface area contributed by atoms with Crippen LogP contribution in [0.25, 0.3) is 10.8 Å². The van der Waals surface area contributed by atoms with Gasteiger partial charge < -0.3 is 20.1 Å². The second-order valence-corrected chi connectivity index (χ2v) is 7.07. The van der Waals surface area contributed by atoms with Gasteiger partial charge in [-0.25, -0.2) is 0 Å². The minimum atomic E-state index is -0.0924. The standard InChI is InChI=1S/C23H24N2O3/c1-28-17-9-7-8-16(14-17)24-22-20(25-12-5-2-6-13-25)15-21(26)18-10-3-4-11-19(18)23(22)27/h3-4,7-11,14-15,24,27H,2,5-6,12-13H2,1H3. The summed E-state index contributed by atoms with van der Waals surface area (Å²) in [6, 6.07) is 16.4. The van der Waals surface area contributed by atoms with Crippen LogP contribution in [0.4, 0.5) is 17.1 Å². The molecule has 0 amide bonds. The van der Waals surface area contributed by atoms with Gasteiger partial charge >= 0.3 is 0 Å². The monoisotopic (exact) mass is 376 g/mol. The topological polar surface area (TPSA) is 61.8 Å². The Hall–Kier alpha value is -3.21. The molecular weight excluding hydrogens is 352 g/mol. The molecule has 5 heteroatoms. The summed E-state index contributed by atoms with van der Waals surface area (Å²) in [5.41, 5.74) is 1.98. The van der Waals surface area contributed by atoms with Crippen LogP contribution in [0.3, 0.4) is 0 Å². The molecule has 1 aliphatic rings. The van der Waals surface area contributed by atoms with E-state index < -0.39 is 0 Å². The Balaban J connectivity index is 1.94. The van der Waals surface area contributed by atoms with Crippen molar-refractivity contribution in [2.45, 2.75) is 19.3 Å². The lowest BCUT2D eigenvalue weighted by Crippen LogP contribution is -2.30. The zero-order valence-electron chi connectivity index (χ0n) is 15.9. The molecule has 0 spiro atoms. The first-order chi connectivity index (χ1) is 13.7. The summed E-state index contributed by atoms with van der Waals surface area (Å²) in [5, 5.41) is 15.6. The van der Waals surface area contributed by atoms with Gasteiger partial charge in [-0.3, -0.25) is 4.79 Å². The summed E-state index contributed by atoms with van der Waals surface area (Å²) in [5.74, 6) is 0.805. The maximum atomic E-state index is 12.9. The average molecular weight is 376 g/mol. The summed E-state index contributed by atoms with van der Waals surface area (Å²) in [4.78, 5) is 15.1. The third-order valence-corrected chi connectivity index (χ3v) is 5.24. The molecule has 1 saturated heterocycles. The van der Waals surface area contributed by atoms with Crippen LogP contribution in [0.2, 0.25) is 0 Å². The van der Waals surface area contributed by atoms with Crippen LogP contribution in [-0.4, -0.2) is 25.3 Å². The van der Waals surface area contributed by atoms with Crippen molar-refractivity contribution in [2.24, 2.45) is 0 Å². The molecule has 3 aromatic rings. The number of methoxy groups -OCH3 is 1. The normalized spacial score (nSPS) is 14.1. The van der Waals surface area contributed by atoms with Gasteiger partial charge in [0.05, 0.1) is 12.8 Å². The van der Waals surface area contributed by atoms with E-state index in [0.717, 1.165) is 43.1 Å². The SMILES string of the molecule is COc1cccc(Nc2c(N3CCCCC3)cc(=O)c3ccccc3c2O)c1. The lowest BCUT2D eigenvalue weighted by Gasteiger charge is -2.30. The van der Waals surface area contributed by atoms with E-state index in [1.54, 1.807) is 25.3 Å². The summed E-state index contributed by atoms with van der Waals surface area (Å²) in [6.45, 7) is 1.73. The van der Waals surface area contributed by atoms with Gasteiger partial charge in [-0.2, -0.15) is 0 Å². The fourth-order valence-corrected chi connectivity index (χ4v) is 3.79. The highest BCUT2D eigenvalue weighted by Crippen LogP contribution is 2.40. The molecule has 1 heterocycles. The molecule has 0 radical (unpaired) electrons. The Morgan fingerprint density at radius 1 is 0.964 bits per heavy atom. The summed E-state index contributed by atoms with van der Waals surface area (Å²) < 4.78 is 5.31. The van der Waals surface area contributed by atoms with Crippen LogP contribution >= 0.6 is 0 Å². The summed E-state index contributed by atoms with van der Waals surface area (Å²) in [7, 11) is 1.62. The maximum Gasteiger partial charge on any atom is 0.188 e. The lowest BCUT2D eigenvalue weighted by atomic mass is 10.1. The molecule has 2 N–H and O–H groups in total. The fourth-order valence-electron chi connectivity index (χ4n) is 3.79. The van der Waals surface area contributed by atoms with Gasteiger partial charge in [0.15, 0.2) is 5.43 Å². The second-order valence-electron chi connectivity index (χ2n) is 7.07. The molecule has 0 bridgehead atoms. The first-order valence-electron chi connectivity index (χ1n) is 9.62. The number of fused-ring (bicyclic) bond motifs is 1. The number of nitrogens with zero attached hydrogens (tertiary/aromatic N) is 1. The molecule has 1 fully saturated rings. The second kappa shape index (κ2) is 7.80. The van der Waals surface area contributed by atoms with Crippen LogP contribution in [0, 0.1) is 0 Å². The highest BCUT2D eigenvalue weighted by molar-refractivity contribution is 5.96. The van der Waals surface area contributed by atoms with Crippen molar-refractivity contribution in [3.05, 3.63) is 64.8 Å². The van der Waals surface area contributed by atoms with E-state index >= 15 is 0 Å². The van der Waals surface area contributed by atoms with Crippen LogP contribution in [0.15, 0.2) is 59.4 Å². The maximum absolute atomic E-state index is 12.9. The molecule has 0 aliphatic carbocycles. The van der Waals surface area contributed by atoms with Crippen molar-refractivity contribution >= 4 is 27.8 Å². The van der Waals surface area contributed by atoms with Crippen LogP contribution in [-0.2, 0) is 0 Å². The van der Waals surface area contributed by atoms with E-state index in [0.29, 0.717) is 16.5 Å². The molecule has 0 aromatic heterocycles. The predicted molar refractivity (Wildman–Crippen MR) is 114 cm³/mol. The van der Waals surface area contributed by atoms with Gasteiger partial charge in [0.25, 0.3) is 0 Å². The number of hydrogen-bond acceptors (Lipinski definition) is 5. The summed E-state index contributed by atoms with van der Waals surface area (Å²) in [6.07, 6.45) is 3.34. The molecular formula is C23H24N2O3. The molecule has 5 nitrogen and oxygen atoms in total. The van der Waals surface area contributed by atoms with E-state index in [1.807, 2.05) is 36.4 Å². The number of piperidine rings is 1. The molecule has 0 atom stereocenters. The van der Waals surface area contributed by atoms with Gasteiger partial charge in [0, 0.05) is 41.7 Å². The van der Waals surface area contributed by atoms with E-state index in [-0.39, 0.29) is 11.2 Å². The van der Waals surface area contributed by atoms with Crippen LogP contribution < -0.4 is 20.4 Å². The average Bonchev–Trinajstić information content (AvgIpc) is 2.85. The molecule has 0 saturated carbocycles. The van der Waals surface area contributed by atoms with Crippen molar-refractivity contribution in [3.8, 4) is 11.5 Å². The van der Waals surface area contributed by atoms with E-state index in [4.69, 9.17) is 4.74 Å². The summed E-state index contributed by atoms with van der Waals surface area (Å²) >= 11 is 0. The number of ether oxygens (including phenoxy) is 1. The zero-order valence-corrected chi connectivity index (χ0v) is 15.9. The molecule has 4 rings (SSSR count). The quantitative estimate of drug-likeness (QED) is 0.694. The Morgan fingerprint density at radius 2 is 1.71 bits per heavy atom. The number of benzene rings is 2. The van der Waals surface area contributed by atoms with E-state index in [2.05, 4.69) is 10.2 Å². The van der Waals surface area contributed by atoms with Crippen molar-refractivity contribution < 1.29 is 9.84 Å². The Kier molecular flexibility index (Phi) is 5.06. The van der Waals surface area contributed by atoms with Crippen LogP contribution in [0.1, 0.15) is 19.3 Å². The van der Waals surface area contributed by atoms with Gasteiger partial charge in [0.1, 0.15) is 17.2 Å². The van der Waals surface area contributed by atoms with Crippen molar-refractivity contribution in [2.75, 3.05) is 30.4 Å². The number of hydrogen-bond donors (Lipinski definition) is 2. The number of nitrogens with one attached hydrogen (secondary N) is 1. The lowest BCUT2D eigenvalue weighted by molar-refractivity contribution is 0.415. The number of rotatable bonds is 4. The van der Waals surface area contributed by atoms with Gasteiger partial charge in [-0.1, -0.05) is 30.3 Å². The van der Waals surface area contributed by atoms with E-state index in [1.165, 1.54) is 6.42 Å². The number of anilines is 3. The Bertz CT molecular complexity index is 1060. The third-order valence-electron chi connectivity index (χ3n) is 5.24. The first kappa shape index (κ1) is 18.2. The van der Waals surface area contributed by atoms with E-state index in [9.17, 15) is 9.90 Å². The molecule has 3 aromatic carbocycles. The zero-order chi connectivity index (χ0) is 19.5. The predicted octanol–water partition coefficient (Wildman–Crippen LogP) is 4.65. The fraction of sp³-hybridized carbons (Fsp3) is 0.261. The largest absolute Gasteiger partial charge is 0.505 e. The smallest absolute Gasteiger partial charge is 0.188 e. The highest BCUT2D eigenvalue weighted by Gasteiger charge is 2.19. The van der Waals surface area contributed by atoms with Crippen molar-refractivity contribution in [1.29, 1.82) is 0 Å². The molecule has 0 unspecified atom stereocenters. The van der Waals surface area contributed by atoms with Crippen LogP contribution in [0.5, 0.6) is 11.5 Å².